The summed E-state index contributed by atoms with van der Waals surface area (Å²) in [5, 5.41) is 7.29. The quantitative estimate of drug-likeness (QED) is 0.451. The van der Waals surface area contributed by atoms with Crippen LogP contribution in [0, 0.1) is 11.7 Å². The van der Waals surface area contributed by atoms with Gasteiger partial charge in [-0.2, -0.15) is 0 Å². The fraction of sp³-hybridized carbons (Fsp3) is 0.440. The average molecular weight is 486 g/mol. The number of ether oxygens (including phenoxy) is 2. The molecule has 5 rings (SSSR count). The van der Waals surface area contributed by atoms with E-state index in [1.165, 1.54) is 31.8 Å². The van der Waals surface area contributed by atoms with Crippen LogP contribution in [0.25, 0.3) is 10.9 Å². The van der Waals surface area contributed by atoms with Crippen LogP contribution in [0.4, 0.5) is 15.9 Å². The van der Waals surface area contributed by atoms with Crippen molar-refractivity contribution in [2.45, 2.75) is 25.3 Å². The van der Waals surface area contributed by atoms with Gasteiger partial charge >= 0.3 is 0 Å². The van der Waals surface area contributed by atoms with Crippen LogP contribution in [0.5, 0.6) is 11.5 Å². The van der Waals surface area contributed by atoms with E-state index in [-0.39, 0.29) is 10.7 Å². The Bertz CT molecular complexity index is 1160. The highest BCUT2D eigenvalue weighted by Gasteiger charge is 2.35. The molecular weight excluding hydrogens is 457 g/mol. The lowest BCUT2D eigenvalue weighted by atomic mass is 9.94. The van der Waals surface area contributed by atoms with Gasteiger partial charge in [0.25, 0.3) is 0 Å². The number of benzene rings is 2. The van der Waals surface area contributed by atoms with Crippen molar-refractivity contribution in [2.24, 2.45) is 5.92 Å². The van der Waals surface area contributed by atoms with Crippen LogP contribution in [-0.2, 0) is 0 Å². The Kier molecular flexibility index (Phi) is 6.99. The lowest BCUT2D eigenvalue weighted by Crippen LogP contribution is -2.44. The fourth-order valence-corrected chi connectivity index (χ4v) is 5.25. The molecule has 1 aromatic heterocycles. The van der Waals surface area contributed by atoms with E-state index in [9.17, 15) is 4.39 Å². The molecular formula is C25H29ClFN5O2. The molecule has 0 aliphatic carbocycles. The fourth-order valence-electron chi connectivity index (χ4n) is 5.07. The van der Waals surface area contributed by atoms with Gasteiger partial charge in [-0.3, -0.25) is 4.90 Å². The van der Waals surface area contributed by atoms with E-state index < -0.39 is 5.82 Å². The van der Waals surface area contributed by atoms with Crippen LogP contribution in [0.2, 0.25) is 5.02 Å². The average Bonchev–Trinajstić information content (AvgIpc) is 3.27. The number of rotatable bonds is 8. The van der Waals surface area contributed by atoms with Gasteiger partial charge in [0.2, 0.25) is 0 Å². The van der Waals surface area contributed by atoms with Crippen LogP contribution < -0.4 is 20.1 Å². The van der Waals surface area contributed by atoms with Gasteiger partial charge in [-0.25, -0.2) is 14.4 Å². The van der Waals surface area contributed by atoms with Crippen LogP contribution in [0.1, 0.15) is 19.3 Å². The monoisotopic (exact) mass is 485 g/mol. The lowest BCUT2D eigenvalue weighted by Gasteiger charge is -2.32. The summed E-state index contributed by atoms with van der Waals surface area (Å²) in [6, 6.07) is 9.16. The number of aromatic nitrogens is 2. The number of nitrogens with zero attached hydrogens (tertiary/aromatic N) is 3. The molecule has 2 N–H and O–H groups in total. The van der Waals surface area contributed by atoms with Gasteiger partial charge in [0, 0.05) is 24.0 Å². The normalized spacial score (nSPS) is 20.3. The van der Waals surface area contributed by atoms with Crippen molar-refractivity contribution in [3.05, 3.63) is 47.5 Å². The largest absolute Gasteiger partial charge is 0.493 e. The van der Waals surface area contributed by atoms with Crippen LogP contribution in [0.15, 0.2) is 36.7 Å². The van der Waals surface area contributed by atoms with E-state index >= 15 is 0 Å². The molecule has 2 saturated heterocycles. The molecule has 2 atom stereocenters. The summed E-state index contributed by atoms with van der Waals surface area (Å²) in [6.07, 6.45) is 4.87. The lowest BCUT2D eigenvalue weighted by molar-refractivity contribution is 0.176. The van der Waals surface area contributed by atoms with E-state index in [4.69, 9.17) is 21.1 Å². The van der Waals surface area contributed by atoms with Crippen LogP contribution in [-0.4, -0.2) is 60.8 Å². The van der Waals surface area contributed by atoms with Crippen molar-refractivity contribution in [1.29, 1.82) is 0 Å². The molecule has 3 heterocycles. The predicted molar refractivity (Wildman–Crippen MR) is 132 cm³/mol. The molecule has 0 saturated carbocycles. The van der Waals surface area contributed by atoms with E-state index in [1.807, 2.05) is 12.1 Å². The number of hydrogen-bond donors (Lipinski definition) is 2. The molecule has 0 amide bonds. The van der Waals surface area contributed by atoms with Gasteiger partial charge in [0.15, 0.2) is 17.3 Å². The zero-order chi connectivity index (χ0) is 23.5. The highest BCUT2D eigenvalue weighted by molar-refractivity contribution is 6.31. The van der Waals surface area contributed by atoms with E-state index in [1.54, 1.807) is 19.2 Å². The third kappa shape index (κ3) is 4.76. The minimum atomic E-state index is -0.529. The van der Waals surface area contributed by atoms with Gasteiger partial charge in [-0.1, -0.05) is 17.7 Å². The van der Waals surface area contributed by atoms with Gasteiger partial charge in [0.1, 0.15) is 12.1 Å². The molecule has 3 aromatic rings. The number of anilines is 2. The number of fused-ring (bicyclic) bond motifs is 2. The summed E-state index contributed by atoms with van der Waals surface area (Å²) in [4.78, 5) is 11.3. The van der Waals surface area contributed by atoms with E-state index in [0.717, 1.165) is 32.0 Å². The first-order chi connectivity index (χ1) is 16.6. The van der Waals surface area contributed by atoms with Crippen molar-refractivity contribution in [3.8, 4) is 11.5 Å². The number of nitrogens with one attached hydrogen (secondary N) is 2. The molecule has 2 aliphatic rings. The van der Waals surface area contributed by atoms with Crippen LogP contribution in [0.3, 0.4) is 0 Å². The number of piperidine rings is 1. The number of methoxy groups -OCH3 is 1. The third-order valence-electron chi connectivity index (χ3n) is 6.80. The second kappa shape index (κ2) is 10.3. The zero-order valence-electron chi connectivity index (χ0n) is 19.2. The van der Waals surface area contributed by atoms with Crippen molar-refractivity contribution < 1.29 is 13.9 Å². The van der Waals surface area contributed by atoms with Gasteiger partial charge in [0.05, 0.1) is 29.9 Å². The van der Waals surface area contributed by atoms with E-state index in [2.05, 4.69) is 25.5 Å². The summed E-state index contributed by atoms with van der Waals surface area (Å²) in [5.41, 5.74) is 0.908. The van der Waals surface area contributed by atoms with Crippen molar-refractivity contribution in [3.63, 3.8) is 0 Å². The Hall–Kier alpha value is -2.68. The maximum Gasteiger partial charge on any atom is 0.165 e. The maximum absolute atomic E-state index is 14.4. The Morgan fingerprint density at radius 1 is 1.24 bits per heavy atom. The Labute approximate surface area is 203 Å². The van der Waals surface area contributed by atoms with Crippen molar-refractivity contribution in [2.75, 3.05) is 45.2 Å². The van der Waals surface area contributed by atoms with Crippen molar-refractivity contribution in [1.82, 2.24) is 20.2 Å². The first-order valence-electron chi connectivity index (χ1n) is 11.8. The molecule has 180 valence electrons. The third-order valence-corrected chi connectivity index (χ3v) is 7.09. The van der Waals surface area contributed by atoms with Gasteiger partial charge in [-0.15, -0.1) is 0 Å². The molecule has 34 heavy (non-hydrogen) atoms. The molecule has 0 unspecified atom stereocenters. The first kappa shape index (κ1) is 23.1. The number of halogens is 2. The zero-order valence-corrected chi connectivity index (χ0v) is 19.9. The van der Waals surface area contributed by atoms with Crippen molar-refractivity contribution >= 4 is 34.0 Å². The molecule has 7 nitrogen and oxygen atoms in total. The molecule has 2 aromatic carbocycles. The number of likely N-dealkylation sites (tertiary alicyclic amines) is 1. The molecule has 9 heteroatoms. The van der Waals surface area contributed by atoms with Gasteiger partial charge < -0.3 is 20.1 Å². The van der Waals surface area contributed by atoms with E-state index in [0.29, 0.717) is 40.9 Å². The highest BCUT2D eigenvalue weighted by Crippen LogP contribution is 2.36. The Morgan fingerprint density at radius 3 is 3.03 bits per heavy atom. The standard InChI is InChI=1S/C25H29ClFN5O2/c1-33-22-13-20-17(25(30-15-29-20)31-19-5-2-4-18(26)24(19)27)12-23(22)34-11-3-9-32-10-7-16-14-28-8-6-21(16)32/h2,4-5,12-13,15-16,21,28H,3,6-11,14H2,1H3,(H,29,30,31)/t16-,21+/m0/s1. The molecule has 0 radical (unpaired) electrons. The molecule has 0 spiro atoms. The Morgan fingerprint density at radius 2 is 2.15 bits per heavy atom. The second-order valence-electron chi connectivity index (χ2n) is 8.82. The maximum atomic E-state index is 14.4. The summed E-state index contributed by atoms with van der Waals surface area (Å²) in [5.74, 6) is 1.93. The summed E-state index contributed by atoms with van der Waals surface area (Å²) < 4.78 is 26.1. The molecule has 2 aliphatic heterocycles. The highest BCUT2D eigenvalue weighted by atomic mass is 35.5. The van der Waals surface area contributed by atoms with Gasteiger partial charge in [-0.05, 0) is 63.0 Å². The summed E-state index contributed by atoms with van der Waals surface area (Å²) >= 11 is 5.93. The number of hydrogen-bond acceptors (Lipinski definition) is 7. The smallest absolute Gasteiger partial charge is 0.165 e. The first-order valence-corrected chi connectivity index (χ1v) is 12.1. The topological polar surface area (TPSA) is 71.5 Å². The minimum Gasteiger partial charge on any atom is -0.493 e. The SMILES string of the molecule is COc1cc2ncnc(Nc3cccc(Cl)c3F)c2cc1OCCCN1CC[C@H]2CNCC[C@H]21. The van der Waals surface area contributed by atoms with Crippen LogP contribution >= 0.6 is 11.6 Å². The summed E-state index contributed by atoms with van der Waals surface area (Å²) in [6.45, 7) is 5.03. The summed E-state index contributed by atoms with van der Waals surface area (Å²) in [7, 11) is 1.61. The minimum absolute atomic E-state index is 0.0443. The Balaban J connectivity index is 1.30. The molecule has 2 fully saturated rings. The molecule has 0 bridgehead atoms. The second-order valence-corrected chi connectivity index (χ2v) is 9.22. The predicted octanol–water partition coefficient (Wildman–Crippen LogP) is 4.63.